The van der Waals surface area contributed by atoms with Gasteiger partial charge in [-0.1, -0.05) is 41.5 Å². The van der Waals surface area contributed by atoms with E-state index in [0.29, 0.717) is 5.41 Å². The van der Waals surface area contributed by atoms with Crippen molar-refractivity contribution in [2.45, 2.75) is 66.8 Å². The van der Waals surface area contributed by atoms with Gasteiger partial charge >= 0.3 is 0 Å². The van der Waals surface area contributed by atoms with Crippen LogP contribution < -0.4 is 5.32 Å². The molecule has 3 unspecified atom stereocenters. The number of nitrogens with zero attached hydrogens (tertiary/aromatic N) is 1. The zero-order valence-corrected chi connectivity index (χ0v) is 14.1. The number of hydrogen-bond acceptors (Lipinski definition) is 2. The fourth-order valence-electron chi connectivity index (χ4n) is 3.60. The zero-order chi connectivity index (χ0) is 14.5. The molecule has 0 aliphatic heterocycles. The third-order valence-electron chi connectivity index (χ3n) is 5.06. The third-order valence-corrected chi connectivity index (χ3v) is 5.06. The molecule has 0 aromatic carbocycles. The van der Waals surface area contributed by atoms with Crippen molar-refractivity contribution in [1.82, 2.24) is 10.2 Å². The topological polar surface area (TPSA) is 15.3 Å². The largest absolute Gasteiger partial charge is 0.314 e. The summed E-state index contributed by atoms with van der Waals surface area (Å²) in [6.45, 7) is 18.8. The summed E-state index contributed by atoms with van der Waals surface area (Å²) < 4.78 is 0. The summed E-state index contributed by atoms with van der Waals surface area (Å²) in [7, 11) is 0. The molecule has 3 atom stereocenters. The van der Waals surface area contributed by atoms with Crippen molar-refractivity contribution < 1.29 is 0 Å². The lowest BCUT2D eigenvalue weighted by Gasteiger charge is -2.43. The molecular weight excluding hydrogens is 232 g/mol. The lowest BCUT2D eigenvalue weighted by atomic mass is 9.67. The fourth-order valence-corrected chi connectivity index (χ4v) is 3.60. The van der Waals surface area contributed by atoms with Crippen LogP contribution >= 0.6 is 0 Å². The van der Waals surface area contributed by atoms with Crippen molar-refractivity contribution in [2.75, 3.05) is 26.2 Å². The molecule has 1 N–H and O–H groups in total. The molecule has 2 heteroatoms. The monoisotopic (exact) mass is 268 g/mol. The molecule has 0 bridgehead atoms. The van der Waals surface area contributed by atoms with Gasteiger partial charge < -0.3 is 10.2 Å². The normalized spacial score (nSPS) is 28.9. The Morgan fingerprint density at radius 3 is 2.16 bits per heavy atom. The van der Waals surface area contributed by atoms with Gasteiger partial charge in [0.1, 0.15) is 0 Å². The SMILES string of the molecule is CCNC1CCC(C(C)(C)C)CC1CN(CC)CC. The van der Waals surface area contributed by atoms with Crippen LogP contribution in [0.1, 0.15) is 60.8 Å². The molecule has 1 saturated carbocycles. The Hall–Kier alpha value is -0.0800. The lowest BCUT2D eigenvalue weighted by Crippen LogP contribution is -2.47. The minimum atomic E-state index is 0.471. The Kier molecular flexibility index (Phi) is 6.82. The molecule has 0 spiro atoms. The predicted molar refractivity (Wildman–Crippen MR) is 85.5 cm³/mol. The van der Waals surface area contributed by atoms with Gasteiger partial charge in [-0.3, -0.25) is 0 Å². The van der Waals surface area contributed by atoms with Crippen LogP contribution in [0.25, 0.3) is 0 Å². The molecule has 0 saturated heterocycles. The van der Waals surface area contributed by atoms with Gasteiger partial charge in [0.25, 0.3) is 0 Å². The molecule has 1 aliphatic carbocycles. The van der Waals surface area contributed by atoms with Crippen molar-refractivity contribution in [3.8, 4) is 0 Å². The molecule has 2 nitrogen and oxygen atoms in total. The van der Waals surface area contributed by atoms with Crippen LogP contribution in [0, 0.1) is 17.3 Å². The average Bonchev–Trinajstić information content (AvgIpc) is 2.36. The minimum Gasteiger partial charge on any atom is -0.314 e. The van der Waals surface area contributed by atoms with Crippen molar-refractivity contribution in [1.29, 1.82) is 0 Å². The average molecular weight is 268 g/mol. The van der Waals surface area contributed by atoms with Crippen LogP contribution in [0.15, 0.2) is 0 Å². The van der Waals surface area contributed by atoms with E-state index in [2.05, 4.69) is 51.8 Å². The summed E-state index contributed by atoms with van der Waals surface area (Å²) in [6, 6.07) is 0.740. The van der Waals surface area contributed by atoms with E-state index in [-0.39, 0.29) is 0 Å². The summed E-state index contributed by atoms with van der Waals surface area (Å²) >= 11 is 0. The summed E-state index contributed by atoms with van der Waals surface area (Å²) in [5, 5.41) is 3.73. The third kappa shape index (κ3) is 5.07. The maximum absolute atomic E-state index is 3.73. The van der Waals surface area contributed by atoms with Gasteiger partial charge in [-0.05, 0) is 56.1 Å². The Balaban J connectivity index is 2.67. The van der Waals surface area contributed by atoms with Gasteiger partial charge in [-0.25, -0.2) is 0 Å². The molecule has 114 valence electrons. The number of rotatable bonds is 6. The van der Waals surface area contributed by atoms with Crippen LogP contribution in [0.4, 0.5) is 0 Å². The molecule has 0 aromatic rings. The molecule has 1 rings (SSSR count). The second-order valence-corrected chi connectivity index (χ2v) is 7.29. The van der Waals surface area contributed by atoms with Crippen LogP contribution in [-0.2, 0) is 0 Å². The molecular formula is C17H36N2. The van der Waals surface area contributed by atoms with Gasteiger partial charge in [0.2, 0.25) is 0 Å². The fraction of sp³-hybridized carbons (Fsp3) is 1.00. The van der Waals surface area contributed by atoms with Gasteiger partial charge in [-0.15, -0.1) is 0 Å². The molecule has 1 fully saturated rings. The van der Waals surface area contributed by atoms with E-state index in [0.717, 1.165) is 24.4 Å². The van der Waals surface area contributed by atoms with E-state index in [1.54, 1.807) is 0 Å². The molecule has 1 aliphatic rings. The van der Waals surface area contributed by atoms with Crippen LogP contribution in [-0.4, -0.2) is 37.1 Å². The van der Waals surface area contributed by atoms with E-state index >= 15 is 0 Å². The van der Waals surface area contributed by atoms with Gasteiger partial charge in [0.05, 0.1) is 0 Å². The first-order chi connectivity index (χ1) is 8.92. The van der Waals surface area contributed by atoms with Crippen molar-refractivity contribution in [3.05, 3.63) is 0 Å². The number of nitrogens with one attached hydrogen (secondary N) is 1. The van der Waals surface area contributed by atoms with Crippen LogP contribution in [0.2, 0.25) is 0 Å². The Morgan fingerprint density at radius 2 is 1.68 bits per heavy atom. The first-order valence-corrected chi connectivity index (χ1v) is 8.38. The van der Waals surface area contributed by atoms with E-state index in [4.69, 9.17) is 0 Å². The summed E-state index contributed by atoms with van der Waals surface area (Å²) in [4.78, 5) is 2.60. The van der Waals surface area contributed by atoms with E-state index < -0.39 is 0 Å². The van der Waals surface area contributed by atoms with Crippen molar-refractivity contribution in [2.24, 2.45) is 17.3 Å². The van der Waals surface area contributed by atoms with Crippen LogP contribution in [0.3, 0.4) is 0 Å². The Morgan fingerprint density at radius 1 is 1.05 bits per heavy atom. The Labute approximate surface area is 121 Å². The Bertz CT molecular complexity index is 240. The minimum absolute atomic E-state index is 0.471. The standard InChI is InChI=1S/C17H36N2/c1-7-18-16-11-10-15(17(4,5)6)12-14(16)13-19(8-2)9-3/h14-16,18H,7-13H2,1-6H3. The highest BCUT2D eigenvalue weighted by Gasteiger charge is 2.35. The molecule has 0 amide bonds. The van der Waals surface area contributed by atoms with E-state index in [9.17, 15) is 0 Å². The molecule has 19 heavy (non-hydrogen) atoms. The first-order valence-electron chi connectivity index (χ1n) is 8.38. The second-order valence-electron chi connectivity index (χ2n) is 7.29. The first kappa shape index (κ1) is 17.0. The second kappa shape index (κ2) is 7.64. The summed E-state index contributed by atoms with van der Waals surface area (Å²) in [5.74, 6) is 1.72. The predicted octanol–water partition coefficient (Wildman–Crippen LogP) is 3.77. The molecule has 0 aromatic heterocycles. The zero-order valence-electron chi connectivity index (χ0n) is 14.1. The maximum atomic E-state index is 3.73. The van der Waals surface area contributed by atoms with Gasteiger partial charge in [-0.2, -0.15) is 0 Å². The van der Waals surface area contributed by atoms with Crippen LogP contribution in [0.5, 0.6) is 0 Å². The van der Waals surface area contributed by atoms with Gasteiger partial charge in [0, 0.05) is 12.6 Å². The maximum Gasteiger partial charge on any atom is 0.0108 e. The highest BCUT2D eigenvalue weighted by Crippen LogP contribution is 2.40. The van der Waals surface area contributed by atoms with E-state index in [1.807, 2.05) is 0 Å². The quantitative estimate of drug-likeness (QED) is 0.789. The molecule has 0 radical (unpaired) electrons. The van der Waals surface area contributed by atoms with Crippen molar-refractivity contribution >= 4 is 0 Å². The van der Waals surface area contributed by atoms with Crippen molar-refractivity contribution in [3.63, 3.8) is 0 Å². The highest BCUT2D eigenvalue weighted by atomic mass is 15.1. The smallest absolute Gasteiger partial charge is 0.0108 e. The summed E-state index contributed by atoms with van der Waals surface area (Å²) in [5.41, 5.74) is 0.471. The summed E-state index contributed by atoms with van der Waals surface area (Å²) in [6.07, 6.45) is 4.16. The van der Waals surface area contributed by atoms with Gasteiger partial charge in [0.15, 0.2) is 0 Å². The lowest BCUT2D eigenvalue weighted by molar-refractivity contribution is 0.0904. The number of hydrogen-bond donors (Lipinski definition) is 1. The van der Waals surface area contributed by atoms with E-state index in [1.165, 1.54) is 38.9 Å². The molecule has 0 heterocycles. The highest BCUT2D eigenvalue weighted by molar-refractivity contribution is 4.90.